The third kappa shape index (κ3) is 6.53. The highest BCUT2D eigenvalue weighted by Gasteiger charge is 2.14. The van der Waals surface area contributed by atoms with Gasteiger partial charge in [-0.25, -0.2) is 4.98 Å². The molecule has 2 aromatic carbocycles. The van der Waals surface area contributed by atoms with Crippen LogP contribution in [0.2, 0.25) is 0 Å². The van der Waals surface area contributed by atoms with Crippen molar-refractivity contribution in [3.63, 3.8) is 0 Å². The molecule has 0 saturated heterocycles. The lowest BCUT2D eigenvalue weighted by Gasteiger charge is -2.12. The summed E-state index contributed by atoms with van der Waals surface area (Å²) in [6, 6.07) is 17.5. The number of nitrogens with zero attached hydrogens (tertiary/aromatic N) is 1. The predicted octanol–water partition coefficient (Wildman–Crippen LogP) is 5.63. The molecule has 5 nitrogen and oxygen atoms in total. The molecule has 0 saturated carbocycles. The van der Waals surface area contributed by atoms with Crippen LogP contribution in [0.5, 0.6) is 5.75 Å². The lowest BCUT2D eigenvalue weighted by atomic mass is 10.0. The lowest BCUT2D eigenvalue weighted by molar-refractivity contribution is 0.0757. The fourth-order valence-electron chi connectivity index (χ4n) is 3.28. The minimum Gasteiger partial charge on any atom is -0.494 e. The van der Waals surface area contributed by atoms with Crippen LogP contribution < -0.4 is 10.1 Å². The number of benzene rings is 2. The minimum absolute atomic E-state index is 0.0975. The number of aromatic nitrogens is 1. The fraction of sp³-hybridized carbons (Fsp3) is 0.385. The number of carbonyl (C=O) groups is 1. The van der Waals surface area contributed by atoms with Crippen LogP contribution in [0.1, 0.15) is 50.4 Å². The van der Waals surface area contributed by atoms with E-state index in [1.165, 1.54) is 0 Å². The van der Waals surface area contributed by atoms with Gasteiger partial charge in [0.05, 0.1) is 29.5 Å². The molecule has 31 heavy (non-hydrogen) atoms. The van der Waals surface area contributed by atoms with Crippen molar-refractivity contribution in [2.45, 2.75) is 46.1 Å². The number of hydrogen-bond donors (Lipinski definition) is 1. The summed E-state index contributed by atoms with van der Waals surface area (Å²) in [4.78, 5) is 17.8. The van der Waals surface area contributed by atoms with Crippen molar-refractivity contribution in [2.75, 3.05) is 19.8 Å². The highest BCUT2D eigenvalue weighted by Crippen LogP contribution is 2.27. The number of fused-ring (bicyclic) bond motifs is 1. The van der Waals surface area contributed by atoms with Gasteiger partial charge in [-0.3, -0.25) is 4.79 Å². The highest BCUT2D eigenvalue weighted by molar-refractivity contribution is 6.07. The van der Waals surface area contributed by atoms with E-state index in [9.17, 15) is 4.79 Å². The van der Waals surface area contributed by atoms with E-state index in [2.05, 4.69) is 12.2 Å². The first-order valence-electron chi connectivity index (χ1n) is 11.1. The second kappa shape index (κ2) is 11.5. The lowest BCUT2D eigenvalue weighted by Crippen LogP contribution is -2.26. The van der Waals surface area contributed by atoms with Crippen LogP contribution in [0.25, 0.3) is 22.2 Å². The monoisotopic (exact) mass is 420 g/mol. The van der Waals surface area contributed by atoms with Crippen molar-refractivity contribution in [1.29, 1.82) is 0 Å². The topological polar surface area (TPSA) is 60.5 Å². The van der Waals surface area contributed by atoms with Gasteiger partial charge in [-0.2, -0.15) is 0 Å². The Balaban J connectivity index is 1.82. The van der Waals surface area contributed by atoms with Gasteiger partial charge in [-0.15, -0.1) is 0 Å². The number of rotatable bonds is 11. The van der Waals surface area contributed by atoms with Crippen LogP contribution in [-0.2, 0) is 4.74 Å². The van der Waals surface area contributed by atoms with Crippen molar-refractivity contribution in [3.8, 4) is 17.0 Å². The number of ether oxygens (including phenoxy) is 2. The molecule has 3 aromatic rings. The van der Waals surface area contributed by atoms with Crippen LogP contribution in [0.15, 0.2) is 54.6 Å². The quantitative estimate of drug-likeness (QED) is 0.409. The summed E-state index contributed by atoms with van der Waals surface area (Å²) in [5, 5.41) is 3.86. The molecule has 0 radical (unpaired) electrons. The molecule has 0 aliphatic heterocycles. The second-order valence-corrected chi connectivity index (χ2v) is 7.83. The molecule has 0 bridgehead atoms. The second-order valence-electron chi connectivity index (χ2n) is 7.83. The van der Waals surface area contributed by atoms with Crippen molar-refractivity contribution < 1.29 is 14.3 Å². The molecule has 0 aliphatic rings. The number of pyridine rings is 1. The van der Waals surface area contributed by atoms with Crippen LogP contribution in [-0.4, -0.2) is 36.8 Å². The molecular weight excluding hydrogens is 388 g/mol. The Morgan fingerprint density at radius 2 is 1.87 bits per heavy atom. The van der Waals surface area contributed by atoms with E-state index in [1.54, 1.807) is 0 Å². The summed E-state index contributed by atoms with van der Waals surface area (Å²) in [6.07, 6.45) is 3.08. The molecule has 1 amide bonds. The Labute approximate surface area is 184 Å². The molecule has 5 heteroatoms. The first kappa shape index (κ1) is 22.8. The van der Waals surface area contributed by atoms with Gasteiger partial charge in [0.15, 0.2) is 0 Å². The first-order chi connectivity index (χ1) is 15.1. The smallest absolute Gasteiger partial charge is 0.252 e. The van der Waals surface area contributed by atoms with E-state index in [4.69, 9.17) is 14.5 Å². The summed E-state index contributed by atoms with van der Waals surface area (Å²) in [6.45, 7) is 8.05. The molecule has 0 aliphatic carbocycles. The van der Waals surface area contributed by atoms with E-state index >= 15 is 0 Å². The summed E-state index contributed by atoms with van der Waals surface area (Å²) < 4.78 is 11.4. The largest absolute Gasteiger partial charge is 0.494 e. The molecule has 0 fully saturated rings. The highest BCUT2D eigenvalue weighted by atomic mass is 16.5. The van der Waals surface area contributed by atoms with Crippen LogP contribution in [0, 0.1) is 0 Å². The van der Waals surface area contributed by atoms with Crippen LogP contribution >= 0.6 is 0 Å². The third-order valence-electron chi connectivity index (χ3n) is 4.92. The fourth-order valence-corrected chi connectivity index (χ4v) is 3.28. The molecule has 3 rings (SSSR count). The standard InChI is InChI=1S/C26H32N2O3/c1-4-5-15-31-21-11-8-10-20(17-21)25-18-23(22-12-6-7-13-24(22)28-25)26(29)27-14-9-16-30-19(2)3/h6-8,10-13,17-19H,4-5,9,14-16H2,1-3H3,(H,27,29). The summed E-state index contributed by atoms with van der Waals surface area (Å²) in [5.74, 6) is 0.719. The Morgan fingerprint density at radius 3 is 2.68 bits per heavy atom. The number of nitrogens with one attached hydrogen (secondary N) is 1. The van der Waals surface area contributed by atoms with Gasteiger partial charge in [-0.05, 0) is 51.0 Å². The van der Waals surface area contributed by atoms with Crippen molar-refractivity contribution in [2.24, 2.45) is 0 Å². The minimum atomic E-state index is -0.0975. The zero-order valence-electron chi connectivity index (χ0n) is 18.7. The summed E-state index contributed by atoms with van der Waals surface area (Å²) in [7, 11) is 0. The number of amides is 1. The van der Waals surface area contributed by atoms with Gasteiger partial charge in [0.25, 0.3) is 5.91 Å². The maximum atomic E-state index is 13.0. The van der Waals surface area contributed by atoms with Crippen LogP contribution in [0.3, 0.4) is 0 Å². The maximum Gasteiger partial charge on any atom is 0.252 e. The molecule has 1 N–H and O–H groups in total. The SMILES string of the molecule is CCCCOc1cccc(-c2cc(C(=O)NCCCOC(C)C)c3ccccc3n2)c1. The zero-order valence-corrected chi connectivity index (χ0v) is 18.7. The van der Waals surface area contributed by atoms with Crippen molar-refractivity contribution in [1.82, 2.24) is 10.3 Å². The molecule has 1 aromatic heterocycles. The average Bonchev–Trinajstić information content (AvgIpc) is 2.78. The molecule has 1 heterocycles. The Morgan fingerprint density at radius 1 is 1.03 bits per heavy atom. The van der Waals surface area contributed by atoms with E-state index in [-0.39, 0.29) is 12.0 Å². The molecule has 164 valence electrons. The molecular formula is C26H32N2O3. The zero-order chi connectivity index (χ0) is 22.1. The van der Waals surface area contributed by atoms with E-state index in [1.807, 2.05) is 68.4 Å². The van der Waals surface area contributed by atoms with E-state index in [0.29, 0.717) is 25.3 Å². The molecule has 0 unspecified atom stereocenters. The number of unbranched alkanes of at least 4 members (excludes halogenated alkanes) is 1. The average molecular weight is 421 g/mol. The van der Waals surface area contributed by atoms with Crippen molar-refractivity contribution >= 4 is 16.8 Å². The Bertz CT molecular complexity index is 1000. The van der Waals surface area contributed by atoms with E-state index < -0.39 is 0 Å². The summed E-state index contributed by atoms with van der Waals surface area (Å²) >= 11 is 0. The number of hydrogen-bond acceptors (Lipinski definition) is 4. The predicted molar refractivity (Wildman–Crippen MR) is 126 cm³/mol. The normalized spacial score (nSPS) is 11.1. The van der Waals surface area contributed by atoms with Gasteiger partial charge >= 0.3 is 0 Å². The van der Waals surface area contributed by atoms with Gasteiger partial charge in [-0.1, -0.05) is 43.7 Å². The van der Waals surface area contributed by atoms with Gasteiger partial charge in [0.2, 0.25) is 0 Å². The Hall–Kier alpha value is -2.92. The first-order valence-corrected chi connectivity index (χ1v) is 11.1. The van der Waals surface area contributed by atoms with E-state index in [0.717, 1.165) is 47.2 Å². The third-order valence-corrected chi connectivity index (χ3v) is 4.92. The Kier molecular flexibility index (Phi) is 8.42. The van der Waals surface area contributed by atoms with Gasteiger partial charge < -0.3 is 14.8 Å². The molecule has 0 atom stereocenters. The molecule has 0 spiro atoms. The van der Waals surface area contributed by atoms with Crippen LogP contribution in [0.4, 0.5) is 0 Å². The van der Waals surface area contributed by atoms with Gasteiger partial charge in [0.1, 0.15) is 5.75 Å². The number of para-hydroxylation sites is 1. The number of carbonyl (C=O) groups excluding carboxylic acids is 1. The summed E-state index contributed by atoms with van der Waals surface area (Å²) in [5.41, 5.74) is 3.11. The van der Waals surface area contributed by atoms with Gasteiger partial charge in [0, 0.05) is 24.1 Å². The van der Waals surface area contributed by atoms with Crippen molar-refractivity contribution in [3.05, 3.63) is 60.2 Å². The maximum absolute atomic E-state index is 13.0.